The van der Waals surface area contributed by atoms with Crippen LogP contribution < -0.4 is 10.2 Å². The number of hydrogen-bond donors (Lipinski definition) is 1. The van der Waals surface area contributed by atoms with E-state index in [9.17, 15) is 4.79 Å². The summed E-state index contributed by atoms with van der Waals surface area (Å²) < 4.78 is 0. The molecule has 5 nitrogen and oxygen atoms in total. The molecule has 0 aliphatic carbocycles. The van der Waals surface area contributed by atoms with E-state index in [1.54, 1.807) is 24.2 Å². The number of aromatic nitrogens is 2. The molecule has 0 atom stereocenters. The quantitative estimate of drug-likeness (QED) is 0.724. The van der Waals surface area contributed by atoms with E-state index in [0.717, 1.165) is 21.3 Å². The predicted molar refractivity (Wildman–Crippen MR) is 105 cm³/mol. The van der Waals surface area contributed by atoms with Crippen LogP contribution in [0.4, 0.5) is 5.82 Å². The molecule has 132 valence electrons. The summed E-state index contributed by atoms with van der Waals surface area (Å²) in [7, 11) is 3.88. The third-order valence-corrected chi connectivity index (χ3v) is 4.66. The molecule has 0 aliphatic rings. The molecular weight excluding hydrogens is 344 g/mol. The molecule has 0 fully saturated rings. The second-order valence-corrected chi connectivity index (χ2v) is 6.99. The SMILES string of the molecule is CN(C)c1cc(CNC(=O)c2ccc(Sc3ccccn3)cc2)ccn1. The molecule has 0 radical (unpaired) electrons. The summed E-state index contributed by atoms with van der Waals surface area (Å²) >= 11 is 1.57. The molecular formula is C20H20N4OS. The standard InChI is InChI=1S/C20H20N4OS/c1-24(2)18-13-15(10-12-21-18)14-23-20(25)16-6-8-17(9-7-16)26-19-5-3-4-11-22-19/h3-13H,14H2,1-2H3,(H,23,25). The van der Waals surface area contributed by atoms with E-state index in [0.29, 0.717) is 12.1 Å². The van der Waals surface area contributed by atoms with Gasteiger partial charge in [0.1, 0.15) is 10.8 Å². The summed E-state index contributed by atoms with van der Waals surface area (Å²) in [4.78, 5) is 23.9. The van der Waals surface area contributed by atoms with Gasteiger partial charge in [0.05, 0.1) is 0 Å². The Balaban J connectivity index is 1.59. The van der Waals surface area contributed by atoms with E-state index in [2.05, 4.69) is 15.3 Å². The average Bonchev–Trinajstić information content (AvgIpc) is 2.68. The van der Waals surface area contributed by atoms with Gasteiger partial charge < -0.3 is 10.2 Å². The minimum atomic E-state index is -0.0948. The van der Waals surface area contributed by atoms with E-state index in [1.807, 2.05) is 73.6 Å². The first-order chi connectivity index (χ1) is 12.6. The Hall–Kier alpha value is -2.86. The number of nitrogens with one attached hydrogen (secondary N) is 1. The Morgan fingerprint density at radius 2 is 1.85 bits per heavy atom. The van der Waals surface area contributed by atoms with E-state index in [1.165, 1.54) is 0 Å². The molecule has 0 spiro atoms. The zero-order valence-corrected chi connectivity index (χ0v) is 15.5. The van der Waals surface area contributed by atoms with Crippen LogP contribution in [-0.2, 0) is 6.54 Å². The first-order valence-corrected chi connectivity index (χ1v) is 9.03. The summed E-state index contributed by atoms with van der Waals surface area (Å²) in [6, 6.07) is 17.2. The second kappa shape index (κ2) is 8.49. The molecule has 0 saturated heterocycles. The summed E-state index contributed by atoms with van der Waals surface area (Å²) in [5.74, 6) is 0.773. The largest absolute Gasteiger partial charge is 0.363 e. The number of hydrogen-bond acceptors (Lipinski definition) is 5. The van der Waals surface area contributed by atoms with Crippen molar-refractivity contribution < 1.29 is 4.79 Å². The fourth-order valence-electron chi connectivity index (χ4n) is 2.30. The van der Waals surface area contributed by atoms with Crippen LogP contribution in [0.2, 0.25) is 0 Å². The number of amides is 1. The van der Waals surface area contributed by atoms with Crippen molar-refractivity contribution in [2.75, 3.05) is 19.0 Å². The number of pyridine rings is 2. The molecule has 26 heavy (non-hydrogen) atoms. The molecule has 6 heteroatoms. The topological polar surface area (TPSA) is 58.1 Å². The molecule has 0 aliphatic heterocycles. The Morgan fingerprint density at radius 1 is 1.04 bits per heavy atom. The number of carbonyl (C=O) groups is 1. The van der Waals surface area contributed by atoms with Crippen LogP contribution in [0, 0.1) is 0 Å². The first kappa shape index (κ1) is 17.9. The lowest BCUT2D eigenvalue weighted by Crippen LogP contribution is -2.23. The zero-order valence-electron chi connectivity index (χ0n) is 14.7. The molecule has 1 aromatic carbocycles. The maximum Gasteiger partial charge on any atom is 0.251 e. The minimum Gasteiger partial charge on any atom is -0.363 e. The number of rotatable bonds is 6. The minimum absolute atomic E-state index is 0.0948. The van der Waals surface area contributed by atoms with Crippen molar-refractivity contribution >= 4 is 23.5 Å². The van der Waals surface area contributed by atoms with Crippen molar-refractivity contribution in [3.63, 3.8) is 0 Å². The third kappa shape index (κ3) is 4.83. The van der Waals surface area contributed by atoms with Gasteiger partial charge in [0.2, 0.25) is 0 Å². The molecule has 0 unspecified atom stereocenters. The van der Waals surface area contributed by atoms with Gasteiger partial charge in [0.15, 0.2) is 0 Å². The van der Waals surface area contributed by atoms with Gasteiger partial charge in [-0.2, -0.15) is 0 Å². The Morgan fingerprint density at radius 3 is 2.54 bits per heavy atom. The highest BCUT2D eigenvalue weighted by molar-refractivity contribution is 7.99. The maximum absolute atomic E-state index is 12.4. The molecule has 3 rings (SSSR count). The molecule has 3 aromatic rings. The monoisotopic (exact) mass is 364 g/mol. The molecule has 2 heterocycles. The fourth-order valence-corrected chi connectivity index (χ4v) is 3.08. The molecule has 0 saturated carbocycles. The van der Waals surface area contributed by atoms with Crippen LogP contribution in [0.15, 0.2) is 76.9 Å². The van der Waals surface area contributed by atoms with Crippen molar-refractivity contribution in [3.8, 4) is 0 Å². The van der Waals surface area contributed by atoms with Gasteiger partial charge in [0.25, 0.3) is 5.91 Å². The second-order valence-electron chi connectivity index (χ2n) is 5.89. The van der Waals surface area contributed by atoms with E-state index in [-0.39, 0.29) is 5.91 Å². The lowest BCUT2D eigenvalue weighted by molar-refractivity contribution is 0.0951. The Labute approximate surface area is 157 Å². The first-order valence-electron chi connectivity index (χ1n) is 8.21. The fraction of sp³-hybridized carbons (Fsp3) is 0.150. The molecule has 2 aromatic heterocycles. The predicted octanol–water partition coefficient (Wildman–Crippen LogP) is 3.62. The zero-order chi connectivity index (χ0) is 18.4. The van der Waals surface area contributed by atoms with Crippen LogP contribution in [0.25, 0.3) is 0 Å². The van der Waals surface area contributed by atoms with E-state index >= 15 is 0 Å². The van der Waals surface area contributed by atoms with Gasteiger partial charge in [-0.3, -0.25) is 4.79 Å². The molecule has 1 amide bonds. The van der Waals surface area contributed by atoms with Crippen LogP contribution in [-0.4, -0.2) is 30.0 Å². The highest BCUT2D eigenvalue weighted by Gasteiger charge is 2.07. The van der Waals surface area contributed by atoms with Gasteiger partial charge in [0, 0.05) is 43.5 Å². The third-order valence-electron chi connectivity index (χ3n) is 3.70. The summed E-state index contributed by atoms with van der Waals surface area (Å²) in [6.45, 7) is 0.465. The van der Waals surface area contributed by atoms with Gasteiger partial charge in [-0.15, -0.1) is 0 Å². The molecule has 1 N–H and O–H groups in total. The van der Waals surface area contributed by atoms with Crippen LogP contribution >= 0.6 is 11.8 Å². The lowest BCUT2D eigenvalue weighted by atomic mass is 10.2. The highest BCUT2D eigenvalue weighted by Crippen LogP contribution is 2.25. The average molecular weight is 364 g/mol. The van der Waals surface area contributed by atoms with Gasteiger partial charge in [-0.1, -0.05) is 17.8 Å². The van der Waals surface area contributed by atoms with Crippen LogP contribution in [0.1, 0.15) is 15.9 Å². The smallest absolute Gasteiger partial charge is 0.251 e. The maximum atomic E-state index is 12.4. The normalized spacial score (nSPS) is 10.4. The number of anilines is 1. The van der Waals surface area contributed by atoms with Crippen molar-refractivity contribution in [1.29, 1.82) is 0 Å². The lowest BCUT2D eigenvalue weighted by Gasteiger charge is -2.12. The van der Waals surface area contributed by atoms with Crippen LogP contribution in [0.5, 0.6) is 0 Å². The van der Waals surface area contributed by atoms with Gasteiger partial charge in [-0.25, -0.2) is 9.97 Å². The summed E-state index contributed by atoms with van der Waals surface area (Å²) in [5, 5.41) is 3.88. The van der Waals surface area contributed by atoms with E-state index in [4.69, 9.17) is 0 Å². The number of nitrogens with zero attached hydrogens (tertiary/aromatic N) is 3. The summed E-state index contributed by atoms with van der Waals surface area (Å²) in [5.41, 5.74) is 1.65. The van der Waals surface area contributed by atoms with Crippen molar-refractivity contribution in [3.05, 3.63) is 78.1 Å². The Kier molecular flexibility index (Phi) is 5.86. The number of benzene rings is 1. The van der Waals surface area contributed by atoms with Gasteiger partial charge in [-0.05, 0) is 54.1 Å². The van der Waals surface area contributed by atoms with Crippen LogP contribution in [0.3, 0.4) is 0 Å². The summed E-state index contributed by atoms with van der Waals surface area (Å²) in [6.07, 6.45) is 3.52. The van der Waals surface area contributed by atoms with Crippen molar-refractivity contribution in [2.24, 2.45) is 0 Å². The number of carbonyl (C=O) groups excluding carboxylic acids is 1. The van der Waals surface area contributed by atoms with E-state index < -0.39 is 0 Å². The highest BCUT2D eigenvalue weighted by atomic mass is 32.2. The Bertz CT molecular complexity index is 866. The molecule has 0 bridgehead atoms. The van der Waals surface area contributed by atoms with Crippen molar-refractivity contribution in [2.45, 2.75) is 16.5 Å². The van der Waals surface area contributed by atoms with Gasteiger partial charge >= 0.3 is 0 Å². The van der Waals surface area contributed by atoms with Crippen molar-refractivity contribution in [1.82, 2.24) is 15.3 Å².